The average molecular weight is 314 g/mol. The first-order valence-corrected chi connectivity index (χ1v) is 7.02. The van der Waals surface area contributed by atoms with E-state index in [0.717, 1.165) is 0 Å². The zero-order valence-corrected chi connectivity index (χ0v) is 12.9. The quantitative estimate of drug-likeness (QED) is 0.785. The average Bonchev–Trinajstić information content (AvgIpc) is 2.28. The van der Waals surface area contributed by atoms with E-state index in [1.165, 1.54) is 23.1 Å². The van der Waals surface area contributed by atoms with Crippen LogP contribution in [0.2, 0.25) is 5.02 Å². The van der Waals surface area contributed by atoms with Crippen LogP contribution >= 0.6 is 11.6 Å². The van der Waals surface area contributed by atoms with Gasteiger partial charge in [-0.25, -0.2) is 9.18 Å². The van der Waals surface area contributed by atoms with Gasteiger partial charge in [-0.2, -0.15) is 0 Å². The molecule has 2 rings (SSSR count). The highest BCUT2D eigenvalue weighted by Gasteiger charge is 2.38. The summed E-state index contributed by atoms with van der Waals surface area (Å²) in [5.74, 6) is -0.993. The molecule has 1 aromatic rings. The molecule has 0 bridgehead atoms. The number of ketones is 1. The molecule has 0 atom stereocenters. The highest BCUT2D eigenvalue weighted by atomic mass is 35.5. The van der Waals surface area contributed by atoms with Crippen LogP contribution in [0.1, 0.15) is 31.1 Å². The second-order valence-electron chi connectivity index (χ2n) is 6.08. The molecule has 0 aromatic heterocycles. The zero-order chi connectivity index (χ0) is 15.8. The van der Waals surface area contributed by atoms with E-state index < -0.39 is 17.5 Å². The van der Waals surface area contributed by atoms with Crippen LogP contribution in [0.15, 0.2) is 18.2 Å². The smallest absolute Gasteiger partial charge is 0.410 e. The van der Waals surface area contributed by atoms with E-state index in [1.54, 1.807) is 20.8 Å². The number of amides is 1. The largest absolute Gasteiger partial charge is 0.444 e. The summed E-state index contributed by atoms with van der Waals surface area (Å²) in [7, 11) is 0. The molecule has 1 heterocycles. The van der Waals surface area contributed by atoms with Gasteiger partial charge >= 0.3 is 6.09 Å². The van der Waals surface area contributed by atoms with Gasteiger partial charge in [0.05, 0.1) is 10.9 Å². The first-order valence-electron chi connectivity index (χ1n) is 6.64. The fourth-order valence-electron chi connectivity index (χ4n) is 2.01. The zero-order valence-electron chi connectivity index (χ0n) is 12.2. The normalized spacial score (nSPS) is 15.6. The van der Waals surface area contributed by atoms with E-state index in [9.17, 15) is 14.0 Å². The van der Waals surface area contributed by atoms with Gasteiger partial charge in [0.15, 0.2) is 5.78 Å². The summed E-state index contributed by atoms with van der Waals surface area (Å²) in [6.07, 6.45) is -0.427. The number of carbonyl (C=O) groups excluding carboxylic acids is 2. The molecule has 1 saturated heterocycles. The molecular formula is C15H17ClFNO3. The van der Waals surface area contributed by atoms with E-state index in [2.05, 4.69) is 0 Å². The third-order valence-electron chi connectivity index (χ3n) is 3.11. The fraction of sp³-hybridized carbons (Fsp3) is 0.467. The summed E-state index contributed by atoms with van der Waals surface area (Å²) in [6.45, 7) is 5.97. The molecule has 0 aliphatic carbocycles. The number of halogens is 2. The van der Waals surface area contributed by atoms with Crippen molar-refractivity contribution in [1.82, 2.24) is 4.90 Å². The van der Waals surface area contributed by atoms with Gasteiger partial charge in [-0.1, -0.05) is 11.6 Å². The van der Waals surface area contributed by atoms with Crippen LogP contribution in [-0.2, 0) is 4.74 Å². The lowest BCUT2D eigenvalue weighted by Crippen LogP contribution is -2.54. The minimum absolute atomic E-state index is 0.0795. The number of ether oxygens (including phenoxy) is 1. The van der Waals surface area contributed by atoms with Crippen LogP contribution in [0, 0.1) is 11.7 Å². The number of hydrogen-bond donors (Lipinski definition) is 0. The Bertz CT molecular complexity index is 577. The van der Waals surface area contributed by atoms with Gasteiger partial charge in [0, 0.05) is 18.7 Å². The van der Waals surface area contributed by atoms with E-state index in [0.29, 0.717) is 18.7 Å². The molecule has 1 fully saturated rings. The summed E-state index contributed by atoms with van der Waals surface area (Å²) >= 11 is 5.66. The molecule has 1 aliphatic heterocycles. The van der Waals surface area contributed by atoms with Crippen LogP contribution < -0.4 is 0 Å². The van der Waals surface area contributed by atoms with E-state index in [4.69, 9.17) is 16.3 Å². The van der Waals surface area contributed by atoms with Crippen molar-refractivity contribution >= 4 is 23.5 Å². The van der Waals surface area contributed by atoms with Crippen molar-refractivity contribution in [3.8, 4) is 0 Å². The second-order valence-corrected chi connectivity index (χ2v) is 6.48. The third kappa shape index (κ3) is 3.73. The summed E-state index contributed by atoms with van der Waals surface area (Å²) in [5.41, 5.74) is -0.202. The van der Waals surface area contributed by atoms with Gasteiger partial charge in [0.25, 0.3) is 0 Å². The highest BCUT2D eigenvalue weighted by molar-refractivity contribution is 6.31. The van der Waals surface area contributed by atoms with Gasteiger partial charge in [-0.15, -0.1) is 0 Å². The number of rotatable bonds is 2. The summed E-state index contributed by atoms with van der Waals surface area (Å²) in [6, 6.07) is 3.88. The Hall–Kier alpha value is -1.62. The lowest BCUT2D eigenvalue weighted by molar-refractivity contribution is 0.00149. The van der Waals surface area contributed by atoms with Crippen molar-refractivity contribution in [2.24, 2.45) is 5.92 Å². The van der Waals surface area contributed by atoms with E-state index in [-0.39, 0.29) is 16.7 Å². The van der Waals surface area contributed by atoms with Crippen LogP contribution in [0.3, 0.4) is 0 Å². The van der Waals surface area contributed by atoms with Crippen LogP contribution in [0.25, 0.3) is 0 Å². The Kier molecular flexibility index (Phi) is 4.23. The Morgan fingerprint density at radius 3 is 2.48 bits per heavy atom. The molecule has 114 valence electrons. The van der Waals surface area contributed by atoms with Gasteiger partial charge in [-0.3, -0.25) is 4.79 Å². The van der Waals surface area contributed by atoms with E-state index >= 15 is 0 Å². The van der Waals surface area contributed by atoms with Gasteiger partial charge in [0.2, 0.25) is 0 Å². The number of likely N-dealkylation sites (tertiary alicyclic amines) is 1. The lowest BCUT2D eigenvalue weighted by atomic mass is 9.91. The molecule has 4 nitrogen and oxygen atoms in total. The number of Topliss-reactive ketones (excluding diaryl/α,β-unsaturated/α-hetero) is 1. The van der Waals surface area contributed by atoms with Crippen LogP contribution in [0.5, 0.6) is 0 Å². The summed E-state index contributed by atoms with van der Waals surface area (Å²) < 4.78 is 18.3. The predicted octanol–water partition coefficient (Wildman–Crippen LogP) is 3.53. The minimum atomic E-state index is -0.559. The first-order chi connectivity index (χ1) is 9.67. The lowest BCUT2D eigenvalue weighted by Gasteiger charge is -2.38. The summed E-state index contributed by atoms with van der Waals surface area (Å²) in [5, 5.41) is -0.0795. The van der Waals surface area contributed by atoms with E-state index in [1.807, 2.05) is 0 Å². The topological polar surface area (TPSA) is 46.6 Å². The fourth-order valence-corrected chi connectivity index (χ4v) is 2.19. The monoisotopic (exact) mass is 313 g/mol. The number of nitrogens with zero attached hydrogens (tertiary/aromatic N) is 1. The van der Waals surface area contributed by atoms with Gasteiger partial charge in [-0.05, 0) is 39.0 Å². The number of benzene rings is 1. The van der Waals surface area contributed by atoms with Crippen molar-refractivity contribution in [3.05, 3.63) is 34.6 Å². The minimum Gasteiger partial charge on any atom is -0.444 e. The SMILES string of the molecule is CC(C)(C)OC(=O)N1CC(C(=O)c2ccc(F)c(Cl)c2)C1. The standard InChI is InChI=1S/C15H17ClFNO3/c1-15(2,3)21-14(20)18-7-10(8-18)13(19)9-4-5-12(17)11(16)6-9/h4-6,10H,7-8H2,1-3H3. The highest BCUT2D eigenvalue weighted by Crippen LogP contribution is 2.25. The Morgan fingerprint density at radius 1 is 1.33 bits per heavy atom. The Morgan fingerprint density at radius 2 is 1.95 bits per heavy atom. The van der Waals surface area contributed by atoms with Crippen molar-refractivity contribution < 1.29 is 18.7 Å². The second kappa shape index (κ2) is 5.64. The molecule has 0 saturated carbocycles. The van der Waals surface area contributed by atoms with Gasteiger partial charge in [0.1, 0.15) is 11.4 Å². The van der Waals surface area contributed by atoms with Crippen molar-refractivity contribution in [2.45, 2.75) is 26.4 Å². The maximum absolute atomic E-state index is 13.1. The first kappa shape index (κ1) is 15.8. The van der Waals surface area contributed by atoms with Crippen molar-refractivity contribution in [3.63, 3.8) is 0 Å². The van der Waals surface area contributed by atoms with Crippen LogP contribution in [-0.4, -0.2) is 35.5 Å². The summed E-state index contributed by atoms with van der Waals surface area (Å²) in [4.78, 5) is 25.4. The molecule has 0 spiro atoms. The maximum atomic E-state index is 13.1. The number of hydrogen-bond acceptors (Lipinski definition) is 3. The van der Waals surface area contributed by atoms with Gasteiger partial charge < -0.3 is 9.64 Å². The molecule has 1 aliphatic rings. The Labute approximate surface area is 127 Å². The van der Waals surface area contributed by atoms with Crippen molar-refractivity contribution in [1.29, 1.82) is 0 Å². The molecular weight excluding hydrogens is 297 g/mol. The molecule has 0 N–H and O–H groups in total. The van der Waals surface area contributed by atoms with Crippen LogP contribution in [0.4, 0.5) is 9.18 Å². The Balaban J connectivity index is 1.93. The molecule has 0 unspecified atom stereocenters. The molecule has 1 aromatic carbocycles. The molecule has 6 heteroatoms. The predicted molar refractivity (Wildman–Crippen MR) is 77.0 cm³/mol. The maximum Gasteiger partial charge on any atom is 0.410 e. The molecule has 0 radical (unpaired) electrons. The van der Waals surface area contributed by atoms with Crippen molar-refractivity contribution in [2.75, 3.05) is 13.1 Å². The molecule has 1 amide bonds. The third-order valence-corrected chi connectivity index (χ3v) is 3.40. The number of carbonyl (C=O) groups is 2. The molecule has 21 heavy (non-hydrogen) atoms.